The number of piperazine rings is 1. The van der Waals surface area contributed by atoms with Crippen molar-refractivity contribution in [3.63, 3.8) is 0 Å². The van der Waals surface area contributed by atoms with E-state index in [9.17, 15) is 19.2 Å². The molecule has 1 atom stereocenters. The van der Waals surface area contributed by atoms with Crippen LogP contribution < -0.4 is 5.32 Å². The molecule has 296 valence electrons. The molecule has 4 aliphatic rings. The van der Waals surface area contributed by atoms with Crippen LogP contribution in [0.1, 0.15) is 126 Å². The predicted molar refractivity (Wildman–Crippen MR) is 217 cm³/mol. The number of hydrogen-bond acceptors (Lipinski definition) is 9. The second-order valence-electron chi connectivity index (χ2n) is 13.0. The first-order valence-electron chi connectivity index (χ1n) is 20.5. The van der Waals surface area contributed by atoms with E-state index in [4.69, 9.17) is 5.10 Å². The maximum Gasteiger partial charge on any atom is 0.262 e. The molecule has 1 saturated carbocycles. The van der Waals surface area contributed by atoms with Crippen molar-refractivity contribution in [1.29, 1.82) is 0 Å². The van der Waals surface area contributed by atoms with Gasteiger partial charge in [0.1, 0.15) is 18.1 Å². The number of rotatable bonds is 6. The standard InChI is InChI=1S/C35H36N8O4.4C2H6/c44-29-14-13-28(33(45)38-29)42-34(46)26-8-4-7-23(30(26)35(42)47)20-40-15-17-41(18-16-40)24-9-11-25(12-10-24)43-32-27(19-36-21-37-32)31(39-43)22-5-2-1-3-6-22;4*1-2/h1-8,19,21,24-25,28H,9-18,20H2,(H,38,44,45);4*1-2H3. The van der Waals surface area contributed by atoms with E-state index in [1.165, 1.54) is 0 Å². The van der Waals surface area contributed by atoms with Gasteiger partial charge in [0.25, 0.3) is 11.8 Å². The van der Waals surface area contributed by atoms with Crippen LogP contribution in [0.2, 0.25) is 0 Å². The Morgan fingerprint density at radius 3 is 2.04 bits per heavy atom. The third-order valence-electron chi connectivity index (χ3n) is 10.3. The summed E-state index contributed by atoms with van der Waals surface area (Å²) in [6, 6.07) is 15.4. The first-order valence-corrected chi connectivity index (χ1v) is 20.5. The molecule has 0 bridgehead atoms. The monoisotopic (exact) mass is 752 g/mol. The quantitative estimate of drug-likeness (QED) is 0.202. The van der Waals surface area contributed by atoms with Crippen molar-refractivity contribution in [3.05, 3.63) is 77.7 Å². The summed E-state index contributed by atoms with van der Waals surface area (Å²) in [5.74, 6) is -1.88. The molecule has 4 amide bonds. The minimum Gasteiger partial charge on any atom is -0.298 e. The Morgan fingerprint density at radius 2 is 1.38 bits per heavy atom. The van der Waals surface area contributed by atoms with Crippen LogP contribution >= 0.6 is 0 Å². The fourth-order valence-electron chi connectivity index (χ4n) is 7.86. The van der Waals surface area contributed by atoms with E-state index in [-0.39, 0.29) is 18.7 Å². The largest absolute Gasteiger partial charge is 0.298 e. The molecule has 5 heterocycles. The number of benzene rings is 2. The number of hydrogen-bond donors (Lipinski definition) is 1. The molecule has 55 heavy (non-hydrogen) atoms. The lowest BCUT2D eigenvalue weighted by Gasteiger charge is -2.42. The highest BCUT2D eigenvalue weighted by molar-refractivity contribution is 6.24. The second kappa shape index (κ2) is 20.8. The summed E-state index contributed by atoms with van der Waals surface area (Å²) in [5, 5.41) is 8.30. The summed E-state index contributed by atoms with van der Waals surface area (Å²) in [5.41, 5.74) is 4.41. The Kier molecular flexibility index (Phi) is 16.2. The molecule has 1 N–H and O–H groups in total. The number of carbonyl (C=O) groups excluding carboxylic acids is 4. The van der Waals surface area contributed by atoms with Gasteiger partial charge in [0, 0.05) is 56.9 Å². The number of piperidine rings is 1. The third-order valence-corrected chi connectivity index (χ3v) is 10.3. The average Bonchev–Trinajstić information content (AvgIpc) is 3.76. The van der Waals surface area contributed by atoms with Crippen LogP contribution in [0.4, 0.5) is 0 Å². The van der Waals surface area contributed by atoms with Gasteiger partial charge in [0.2, 0.25) is 11.8 Å². The molecule has 1 aliphatic carbocycles. The molecule has 12 heteroatoms. The lowest BCUT2D eigenvalue weighted by atomic mass is 9.90. The average molecular weight is 753 g/mol. The van der Waals surface area contributed by atoms with Crippen LogP contribution in [0.5, 0.6) is 0 Å². The van der Waals surface area contributed by atoms with Crippen molar-refractivity contribution in [2.45, 2.75) is 119 Å². The lowest BCUT2D eigenvalue weighted by molar-refractivity contribution is -0.136. The highest BCUT2D eigenvalue weighted by atomic mass is 16.2. The first-order chi connectivity index (χ1) is 27.0. The zero-order valence-corrected chi connectivity index (χ0v) is 34.0. The molecule has 8 rings (SSSR count). The number of nitrogens with zero attached hydrogens (tertiary/aromatic N) is 7. The molecule has 3 fully saturated rings. The number of aromatic nitrogens is 4. The van der Waals surface area contributed by atoms with Crippen LogP contribution in [-0.4, -0.2) is 96.3 Å². The Hall–Kier alpha value is -4.81. The molecule has 2 aromatic carbocycles. The van der Waals surface area contributed by atoms with Gasteiger partial charge in [0.15, 0.2) is 5.65 Å². The number of nitrogens with one attached hydrogen (secondary N) is 1. The van der Waals surface area contributed by atoms with E-state index in [0.717, 1.165) is 84.6 Å². The predicted octanol–water partition coefficient (Wildman–Crippen LogP) is 7.30. The van der Waals surface area contributed by atoms with Crippen LogP contribution in [0.15, 0.2) is 61.1 Å². The van der Waals surface area contributed by atoms with Crippen LogP contribution in [0.25, 0.3) is 22.3 Å². The van der Waals surface area contributed by atoms with Crippen molar-refractivity contribution >= 4 is 34.7 Å². The Bertz CT molecular complexity index is 1880. The van der Waals surface area contributed by atoms with Gasteiger partial charge in [-0.25, -0.2) is 14.6 Å². The normalized spacial score (nSPS) is 21.1. The van der Waals surface area contributed by atoms with Crippen LogP contribution in [-0.2, 0) is 16.1 Å². The summed E-state index contributed by atoms with van der Waals surface area (Å²) >= 11 is 0. The molecule has 3 aliphatic heterocycles. The fourth-order valence-corrected chi connectivity index (χ4v) is 7.86. The molecule has 0 radical (unpaired) electrons. The summed E-state index contributed by atoms with van der Waals surface area (Å²) in [4.78, 5) is 65.8. The molecule has 1 unspecified atom stereocenters. The van der Waals surface area contributed by atoms with Crippen molar-refractivity contribution in [3.8, 4) is 11.3 Å². The van der Waals surface area contributed by atoms with E-state index in [2.05, 4.69) is 41.9 Å². The van der Waals surface area contributed by atoms with E-state index >= 15 is 0 Å². The van der Waals surface area contributed by atoms with Gasteiger partial charge < -0.3 is 0 Å². The zero-order valence-electron chi connectivity index (χ0n) is 34.0. The van der Waals surface area contributed by atoms with Gasteiger partial charge in [0.05, 0.1) is 22.6 Å². The topological polar surface area (TPSA) is 134 Å². The zero-order chi connectivity index (χ0) is 40.1. The summed E-state index contributed by atoms with van der Waals surface area (Å²) in [6.45, 7) is 20.2. The summed E-state index contributed by atoms with van der Waals surface area (Å²) < 4.78 is 2.12. The summed E-state index contributed by atoms with van der Waals surface area (Å²) in [7, 11) is 0. The highest BCUT2D eigenvalue weighted by Crippen LogP contribution is 2.36. The highest BCUT2D eigenvalue weighted by Gasteiger charge is 2.45. The minimum absolute atomic E-state index is 0.104. The van der Waals surface area contributed by atoms with Crippen LogP contribution in [0, 0.1) is 0 Å². The van der Waals surface area contributed by atoms with Crippen molar-refractivity contribution in [1.82, 2.24) is 39.8 Å². The fraction of sp³-hybridized carbons (Fsp3) is 0.512. The van der Waals surface area contributed by atoms with Crippen LogP contribution in [0.3, 0.4) is 0 Å². The Labute approximate surface area is 326 Å². The van der Waals surface area contributed by atoms with Crippen molar-refractivity contribution < 1.29 is 19.2 Å². The molecular formula is C43H60N8O4. The number of imide groups is 2. The molecular weight excluding hydrogens is 693 g/mol. The molecule has 4 aromatic rings. The van der Waals surface area contributed by atoms with Gasteiger partial charge in [-0.2, -0.15) is 5.10 Å². The van der Waals surface area contributed by atoms with Gasteiger partial charge in [-0.15, -0.1) is 0 Å². The van der Waals surface area contributed by atoms with E-state index in [0.29, 0.717) is 29.8 Å². The number of fused-ring (bicyclic) bond motifs is 2. The maximum absolute atomic E-state index is 13.5. The maximum atomic E-state index is 13.5. The Balaban J connectivity index is 0.000000792. The van der Waals surface area contributed by atoms with Crippen molar-refractivity contribution in [2.75, 3.05) is 26.2 Å². The lowest BCUT2D eigenvalue weighted by Crippen LogP contribution is -2.54. The van der Waals surface area contributed by atoms with E-state index in [1.54, 1.807) is 18.5 Å². The number of carbonyl (C=O) groups is 4. The van der Waals surface area contributed by atoms with Gasteiger partial charge in [-0.3, -0.25) is 39.2 Å². The molecule has 2 saturated heterocycles. The Morgan fingerprint density at radius 1 is 0.727 bits per heavy atom. The molecule has 12 nitrogen and oxygen atoms in total. The second-order valence-corrected chi connectivity index (χ2v) is 13.0. The van der Waals surface area contributed by atoms with Gasteiger partial charge in [-0.05, 0) is 43.7 Å². The van der Waals surface area contributed by atoms with Gasteiger partial charge in [-0.1, -0.05) is 97.9 Å². The molecule has 2 aromatic heterocycles. The molecule has 0 spiro atoms. The third kappa shape index (κ3) is 9.19. The SMILES string of the molecule is CC.CC.CC.CC.O=C1CCC(N2C(=O)c3cccc(CN4CCN(C5CCC(n6nc(-c7ccccc7)c7cncnc76)CC5)CC4)c3C2=O)C(=O)N1. The number of amides is 4. The van der Waals surface area contributed by atoms with E-state index in [1.807, 2.05) is 85.9 Å². The minimum atomic E-state index is -0.960. The smallest absolute Gasteiger partial charge is 0.262 e. The van der Waals surface area contributed by atoms with Crippen molar-refractivity contribution in [2.24, 2.45) is 0 Å². The van der Waals surface area contributed by atoms with Gasteiger partial charge >= 0.3 is 0 Å². The van der Waals surface area contributed by atoms with E-state index < -0.39 is 23.8 Å². The first kappa shape index (κ1) is 42.9. The summed E-state index contributed by atoms with van der Waals surface area (Å²) in [6.07, 6.45) is 7.99.